The molecule has 0 spiro atoms. The van der Waals surface area contributed by atoms with Crippen LogP contribution in [0.4, 0.5) is 8.78 Å². The van der Waals surface area contributed by atoms with Gasteiger partial charge in [0.15, 0.2) is 0 Å². The van der Waals surface area contributed by atoms with Crippen LogP contribution in [0.1, 0.15) is 35.0 Å². The van der Waals surface area contributed by atoms with Gasteiger partial charge in [0.1, 0.15) is 10.3 Å². The number of pyridine rings is 1. The lowest BCUT2D eigenvalue weighted by Gasteiger charge is -2.12. The molecule has 1 aromatic rings. The van der Waals surface area contributed by atoms with Gasteiger partial charge in [-0.25, -0.2) is 18.6 Å². The largest absolute Gasteiger partial charge is 0.462 e. The predicted octanol–water partition coefficient (Wildman–Crippen LogP) is 2.42. The van der Waals surface area contributed by atoms with Gasteiger partial charge in [0.25, 0.3) is 6.43 Å². The molecule has 0 aliphatic rings. The van der Waals surface area contributed by atoms with Crippen molar-refractivity contribution < 1.29 is 18.3 Å². The van der Waals surface area contributed by atoms with Crippen LogP contribution in [0.25, 0.3) is 0 Å². The monoisotopic (exact) mass is 308 g/mol. The van der Waals surface area contributed by atoms with Gasteiger partial charge in [0.05, 0.1) is 12.2 Å². The summed E-state index contributed by atoms with van der Waals surface area (Å²) in [4.78, 5) is 15.2. The van der Waals surface area contributed by atoms with E-state index in [0.29, 0.717) is 0 Å². The fraction of sp³-hybridized carbons (Fsp3) is 0.400. The Kier molecular flexibility index (Phi) is 4.95. The van der Waals surface area contributed by atoms with Crippen LogP contribution in [0.3, 0.4) is 0 Å². The molecule has 1 rings (SSSR count). The van der Waals surface area contributed by atoms with E-state index in [1.165, 1.54) is 6.07 Å². The van der Waals surface area contributed by atoms with Gasteiger partial charge in [-0.05, 0) is 34.5 Å². The van der Waals surface area contributed by atoms with Crippen LogP contribution >= 0.6 is 15.9 Å². The summed E-state index contributed by atoms with van der Waals surface area (Å²) in [5, 5.41) is 0. The lowest BCUT2D eigenvalue weighted by molar-refractivity contribution is 0.0512. The summed E-state index contributed by atoms with van der Waals surface area (Å²) in [5.74, 6) is -0.830. The summed E-state index contributed by atoms with van der Waals surface area (Å²) in [6.07, 6.45) is -2.86. The summed E-state index contributed by atoms with van der Waals surface area (Å²) >= 11 is 2.99. The molecule has 94 valence electrons. The summed E-state index contributed by atoms with van der Waals surface area (Å²) < 4.78 is 30.5. The molecule has 1 aromatic heterocycles. The minimum atomic E-state index is -2.86. The number of hydrogen-bond donors (Lipinski definition) is 1. The zero-order valence-electron chi connectivity index (χ0n) is 9.04. The Morgan fingerprint density at radius 3 is 2.76 bits per heavy atom. The molecular weight excluding hydrogens is 298 g/mol. The smallest absolute Gasteiger partial charge is 0.340 e. The number of carbonyl (C=O) groups is 1. The van der Waals surface area contributed by atoms with Crippen molar-refractivity contribution >= 4 is 21.9 Å². The molecule has 0 aliphatic carbocycles. The first-order chi connectivity index (χ1) is 8.01. The molecule has 0 aromatic carbocycles. The molecule has 17 heavy (non-hydrogen) atoms. The van der Waals surface area contributed by atoms with Gasteiger partial charge < -0.3 is 10.5 Å². The maximum Gasteiger partial charge on any atom is 0.340 e. The predicted molar refractivity (Wildman–Crippen MR) is 60.7 cm³/mol. The average molecular weight is 309 g/mol. The van der Waals surface area contributed by atoms with E-state index >= 15 is 0 Å². The van der Waals surface area contributed by atoms with Crippen molar-refractivity contribution in [3.8, 4) is 0 Å². The first-order valence-electron chi connectivity index (χ1n) is 4.85. The van der Waals surface area contributed by atoms with Crippen LogP contribution in [0.5, 0.6) is 0 Å². The quantitative estimate of drug-likeness (QED) is 0.685. The molecule has 0 radical (unpaired) electrons. The lowest BCUT2D eigenvalue weighted by Crippen LogP contribution is -2.15. The topological polar surface area (TPSA) is 65.2 Å². The molecular formula is C10H11BrF2N2O2. The van der Waals surface area contributed by atoms with Gasteiger partial charge in [-0.1, -0.05) is 0 Å². The highest BCUT2D eigenvalue weighted by molar-refractivity contribution is 9.10. The zero-order valence-corrected chi connectivity index (χ0v) is 10.6. The molecule has 0 atom stereocenters. The number of carbonyl (C=O) groups excluding carboxylic acids is 1. The highest BCUT2D eigenvalue weighted by atomic mass is 79.9. The minimum absolute atomic E-state index is 0.0466. The molecule has 0 fully saturated rings. The first kappa shape index (κ1) is 14.0. The van der Waals surface area contributed by atoms with E-state index in [0.717, 1.165) is 0 Å². The normalized spacial score (nSPS) is 10.7. The Balaban J connectivity index is 3.36. The number of rotatable bonds is 4. The molecule has 0 saturated heterocycles. The van der Waals surface area contributed by atoms with Gasteiger partial charge >= 0.3 is 5.97 Å². The van der Waals surface area contributed by atoms with E-state index in [4.69, 9.17) is 10.5 Å². The summed E-state index contributed by atoms with van der Waals surface area (Å²) in [6, 6.07) is 1.43. The highest BCUT2D eigenvalue weighted by Gasteiger charge is 2.25. The van der Waals surface area contributed by atoms with Gasteiger partial charge in [0, 0.05) is 6.54 Å². The van der Waals surface area contributed by atoms with Crippen LogP contribution in [0.15, 0.2) is 10.7 Å². The second kappa shape index (κ2) is 6.02. The van der Waals surface area contributed by atoms with E-state index in [1.807, 2.05) is 0 Å². The van der Waals surface area contributed by atoms with E-state index < -0.39 is 18.1 Å². The maximum atomic E-state index is 12.8. The van der Waals surface area contributed by atoms with Crippen molar-refractivity contribution in [1.82, 2.24) is 4.98 Å². The highest BCUT2D eigenvalue weighted by Crippen LogP contribution is 2.27. The molecule has 0 amide bonds. The second-order valence-corrected chi connectivity index (χ2v) is 3.90. The molecule has 0 saturated carbocycles. The van der Waals surface area contributed by atoms with Gasteiger partial charge in [-0.2, -0.15) is 0 Å². The molecule has 0 aliphatic heterocycles. The fourth-order valence-corrected chi connectivity index (χ4v) is 1.81. The Labute approximate surface area is 105 Å². The van der Waals surface area contributed by atoms with Crippen LogP contribution in [0.2, 0.25) is 0 Å². The number of hydrogen-bond acceptors (Lipinski definition) is 4. The van der Waals surface area contributed by atoms with Crippen molar-refractivity contribution in [2.24, 2.45) is 5.73 Å². The molecule has 7 heteroatoms. The number of nitrogens with two attached hydrogens (primary N) is 1. The number of halogens is 3. The third-order valence-electron chi connectivity index (χ3n) is 2.00. The Morgan fingerprint density at radius 2 is 2.29 bits per heavy atom. The zero-order chi connectivity index (χ0) is 13.0. The standard InChI is InChI=1S/C10H11BrF2N2O2/c1-2-17-10(16)7-5(4-14)3-6(11)15-8(7)9(12)13/h3,9H,2,4,14H2,1H3. The number of alkyl halides is 2. The van der Waals surface area contributed by atoms with E-state index in [9.17, 15) is 13.6 Å². The van der Waals surface area contributed by atoms with Crippen molar-refractivity contribution in [1.29, 1.82) is 0 Å². The van der Waals surface area contributed by atoms with Crippen molar-refractivity contribution in [2.75, 3.05) is 6.61 Å². The molecule has 1 heterocycles. The Morgan fingerprint density at radius 1 is 1.65 bits per heavy atom. The summed E-state index contributed by atoms with van der Waals surface area (Å²) in [6.45, 7) is 1.64. The third-order valence-corrected chi connectivity index (χ3v) is 2.41. The molecule has 4 nitrogen and oxygen atoms in total. The second-order valence-electron chi connectivity index (χ2n) is 3.09. The van der Waals surface area contributed by atoms with Crippen LogP contribution < -0.4 is 5.73 Å². The van der Waals surface area contributed by atoms with Crippen LogP contribution in [-0.2, 0) is 11.3 Å². The first-order valence-corrected chi connectivity index (χ1v) is 5.65. The maximum absolute atomic E-state index is 12.8. The fourth-order valence-electron chi connectivity index (χ4n) is 1.34. The molecule has 0 unspecified atom stereocenters. The minimum Gasteiger partial charge on any atom is -0.462 e. The third kappa shape index (κ3) is 3.19. The number of esters is 1. The van der Waals surface area contributed by atoms with Crippen molar-refractivity contribution in [2.45, 2.75) is 19.9 Å². The van der Waals surface area contributed by atoms with Crippen LogP contribution in [-0.4, -0.2) is 17.6 Å². The van der Waals surface area contributed by atoms with Crippen LogP contribution in [0, 0.1) is 0 Å². The molecule has 0 bridgehead atoms. The van der Waals surface area contributed by atoms with E-state index in [1.54, 1.807) is 6.92 Å². The van der Waals surface area contributed by atoms with Gasteiger partial charge in [-0.3, -0.25) is 0 Å². The van der Waals surface area contributed by atoms with Crippen molar-refractivity contribution in [3.63, 3.8) is 0 Å². The van der Waals surface area contributed by atoms with E-state index in [-0.39, 0.29) is 28.9 Å². The summed E-state index contributed by atoms with van der Waals surface area (Å²) in [5.41, 5.74) is 4.84. The number of ether oxygens (including phenoxy) is 1. The van der Waals surface area contributed by atoms with Gasteiger partial charge in [0.2, 0.25) is 0 Å². The Hall–Kier alpha value is -1.08. The lowest BCUT2D eigenvalue weighted by atomic mass is 10.1. The van der Waals surface area contributed by atoms with E-state index in [2.05, 4.69) is 20.9 Å². The SMILES string of the molecule is CCOC(=O)c1c(CN)cc(Br)nc1C(F)F. The van der Waals surface area contributed by atoms with Gasteiger partial charge in [-0.15, -0.1) is 0 Å². The summed E-state index contributed by atoms with van der Waals surface area (Å²) in [7, 11) is 0. The molecule has 2 N–H and O–H groups in total. The number of nitrogens with zero attached hydrogens (tertiary/aromatic N) is 1. The number of aromatic nitrogens is 1. The Bertz CT molecular complexity index is 427. The average Bonchev–Trinajstić information content (AvgIpc) is 2.27. The van der Waals surface area contributed by atoms with Crippen molar-refractivity contribution in [3.05, 3.63) is 27.5 Å².